The van der Waals surface area contributed by atoms with Gasteiger partial charge in [-0.05, 0) is 49.3 Å². The van der Waals surface area contributed by atoms with Crippen molar-refractivity contribution in [3.63, 3.8) is 0 Å². The van der Waals surface area contributed by atoms with E-state index in [1.165, 1.54) is 17.7 Å². The molecule has 0 aliphatic heterocycles. The van der Waals surface area contributed by atoms with Crippen molar-refractivity contribution in [2.45, 2.75) is 38.9 Å². The maximum Gasteiger partial charge on any atom is 0.234 e. The molecule has 1 aliphatic carbocycles. The Morgan fingerprint density at radius 2 is 2.27 bits per heavy atom. The van der Waals surface area contributed by atoms with Crippen molar-refractivity contribution in [1.82, 2.24) is 10.2 Å². The van der Waals surface area contributed by atoms with E-state index in [4.69, 9.17) is 4.42 Å². The Bertz CT molecular complexity index is 540. The van der Waals surface area contributed by atoms with Gasteiger partial charge in [-0.15, -0.1) is 11.3 Å². The summed E-state index contributed by atoms with van der Waals surface area (Å²) in [6.45, 7) is 3.92. The highest BCUT2D eigenvalue weighted by Crippen LogP contribution is 2.32. The van der Waals surface area contributed by atoms with Gasteiger partial charge in [-0.2, -0.15) is 0 Å². The summed E-state index contributed by atoms with van der Waals surface area (Å²) in [7, 11) is 0. The van der Waals surface area contributed by atoms with Gasteiger partial charge in [0.1, 0.15) is 5.76 Å². The van der Waals surface area contributed by atoms with Crippen LogP contribution in [-0.4, -0.2) is 23.4 Å². The topological polar surface area (TPSA) is 45.5 Å². The predicted octanol–water partition coefficient (Wildman–Crippen LogP) is 3.26. The molecule has 0 bridgehead atoms. The van der Waals surface area contributed by atoms with Crippen LogP contribution in [-0.2, 0) is 17.9 Å². The third-order valence-electron chi connectivity index (χ3n) is 4.00. The van der Waals surface area contributed by atoms with E-state index in [1.807, 2.05) is 18.2 Å². The first kappa shape index (κ1) is 15.3. The Morgan fingerprint density at radius 1 is 1.41 bits per heavy atom. The van der Waals surface area contributed by atoms with E-state index in [0.29, 0.717) is 25.0 Å². The lowest BCUT2D eigenvalue weighted by Gasteiger charge is -2.21. The van der Waals surface area contributed by atoms with Crippen LogP contribution in [0.5, 0.6) is 0 Å². The quantitative estimate of drug-likeness (QED) is 0.812. The van der Waals surface area contributed by atoms with Crippen LogP contribution in [0.15, 0.2) is 40.3 Å². The van der Waals surface area contributed by atoms with E-state index in [-0.39, 0.29) is 5.91 Å². The zero-order valence-electron chi connectivity index (χ0n) is 12.8. The van der Waals surface area contributed by atoms with Gasteiger partial charge in [0.25, 0.3) is 0 Å². The third kappa shape index (κ3) is 4.45. The summed E-state index contributed by atoms with van der Waals surface area (Å²) in [4.78, 5) is 15.7. The van der Waals surface area contributed by atoms with Crippen LogP contribution in [0.2, 0.25) is 0 Å². The molecule has 118 valence electrons. The molecule has 1 amide bonds. The summed E-state index contributed by atoms with van der Waals surface area (Å²) in [6, 6.07) is 8.27. The standard InChI is InChI=1S/C17H22N2O2S/c1-13(14-6-7-14)18-17(20)12-19(10-15-4-2-8-21-15)11-16-5-3-9-22-16/h2-5,8-9,13-14H,6-7,10-12H2,1H3,(H,18,20). The number of nitrogens with one attached hydrogen (secondary N) is 1. The molecule has 0 aromatic carbocycles. The third-order valence-corrected chi connectivity index (χ3v) is 4.87. The van der Waals surface area contributed by atoms with Gasteiger partial charge in [0.2, 0.25) is 5.91 Å². The number of nitrogens with zero attached hydrogens (tertiary/aromatic N) is 1. The molecule has 1 fully saturated rings. The van der Waals surface area contributed by atoms with Crippen LogP contribution in [0.1, 0.15) is 30.4 Å². The van der Waals surface area contributed by atoms with Crippen LogP contribution in [0.25, 0.3) is 0 Å². The molecular formula is C17H22N2O2S. The van der Waals surface area contributed by atoms with Crippen LogP contribution < -0.4 is 5.32 Å². The van der Waals surface area contributed by atoms with Crippen LogP contribution in [0.3, 0.4) is 0 Å². The molecule has 3 rings (SSSR count). The SMILES string of the molecule is CC(NC(=O)CN(Cc1ccco1)Cc1cccs1)C1CC1. The monoisotopic (exact) mass is 318 g/mol. The Hall–Kier alpha value is -1.59. The summed E-state index contributed by atoms with van der Waals surface area (Å²) in [5.41, 5.74) is 0. The summed E-state index contributed by atoms with van der Waals surface area (Å²) >= 11 is 1.72. The minimum absolute atomic E-state index is 0.0995. The molecule has 1 aliphatic rings. The normalized spacial score (nSPS) is 15.9. The summed E-state index contributed by atoms with van der Waals surface area (Å²) in [6.07, 6.45) is 4.16. The molecule has 0 radical (unpaired) electrons. The van der Waals surface area contributed by atoms with Crippen molar-refractivity contribution in [1.29, 1.82) is 0 Å². The molecular weight excluding hydrogens is 296 g/mol. The maximum absolute atomic E-state index is 12.3. The second kappa shape index (κ2) is 7.11. The lowest BCUT2D eigenvalue weighted by molar-refractivity contribution is -0.123. The van der Waals surface area contributed by atoms with Crippen LogP contribution in [0, 0.1) is 5.92 Å². The molecule has 1 atom stereocenters. The minimum atomic E-state index is 0.0995. The lowest BCUT2D eigenvalue weighted by atomic mass is 10.2. The number of furan rings is 1. The minimum Gasteiger partial charge on any atom is -0.468 e. The molecule has 4 nitrogen and oxygen atoms in total. The first-order chi connectivity index (χ1) is 10.7. The second-order valence-corrected chi connectivity index (χ2v) is 7.03. The van der Waals surface area contributed by atoms with E-state index in [1.54, 1.807) is 17.6 Å². The van der Waals surface area contributed by atoms with Crippen molar-refractivity contribution in [3.05, 3.63) is 46.5 Å². The molecule has 22 heavy (non-hydrogen) atoms. The zero-order chi connectivity index (χ0) is 15.4. The number of rotatable bonds is 8. The highest BCUT2D eigenvalue weighted by molar-refractivity contribution is 7.09. The molecule has 0 saturated heterocycles. The Labute approximate surface area is 135 Å². The van der Waals surface area contributed by atoms with Gasteiger partial charge in [-0.25, -0.2) is 0 Å². The van der Waals surface area contributed by atoms with Gasteiger partial charge in [0.15, 0.2) is 0 Å². The largest absolute Gasteiger partial charge is 0.468 e. The molecule has 0 spiro atoms. The summed E-state index contributed by atoms with van der Waals surface area (Å²) in [5, 5.41) is 5.19. The smallest absolute Gasteiger partial charge is 0.234 e. The molecule has 2 aromatic heterocycles. The van der Waals surface area contributed by atoms with Crippen molar-refractivity contribution >= 4 is 17.2 Å². The van der Waals surface area contributed by atoms with Gasteiger partial charge >= 0.3 is 0 Å². The number of carbonyl (C=O) groups excluding carboxylic acids is 1. The molecule has 1 N–H and O–H groups in total. The maximum atomic E-state index is 12.3. The summed E-state index contributed by atoms with van der Waals surface area (Å²) < 4.78 is 5.42. The Kier molecular flexibility index (Phi) is 4.95. The van der Waals surface area contributed by atoms with Gasteiger partial charge in [-0.3, -0.25) is 9.69 Å². The van der Waals surface area contributed by atoms with E-state index < -0.39 is 0 Å². The number of hydrogen-bond donors (Lipinski definition) is 1. The van der Waals surface area contributed by atoms with Gasteiger partial charge < -0.3 is 9.73 Å². The zero-order valence-corrected chi connectivity index (χ0v) is 13.6. The second-order valence-electron chi connectivity index (χ2n) is 6.00. The van der Waals surface area contributed by atoms with Crippen molar-refractivity contribution < 1.29 is 9.21 Å². The first-order valence-corrected chi connectivity index (χ1v) is 8.65. The molecule has 2 heterocycles. The fraction of sp³-hybridized carbons (Fsp3) is 0.471. The highest BCUT2D eigenvalue weighted by atomic mass is 32.1. The Balaban J connectivity index is 1.58. The first-order valence-electron chi connectivity index (χ1n) is 7.77. The molecule has 1 saturated carbocycles. The predicted molar refractivity (Wildman–Crippen MR) is 87.5 cm³/mol. The number of amides is 1. The molecule has 2 aromatic rings. The fourth-order valence-corrected chi connectivity index (χ4v) is 3.38. The van der Waals surface area contributed by atoms with Crippen molar-refractivity contribution in [3.8, 4) is 0 Å². The Morgan fingerprint density at radius 3 is 2.91 bits per heavy atom. The van der Waals surface area contributed by atoms with Crippen molar-refractivity contribution in [2.75, 3.05) is 6.54 Å². The van der Waals surface area contributed by atoms with Gasteiger partial charge in [-0.1, -0.05) is 6.07 Å². The van der Waals surface area contributed by atoms with E-state index in [9.17, 15) is 4.79 Å². The molecule has 5 heteroatoms. The average molecular weight is 318 g/mol. The van der Waals surface area contributed by atoms with Gasteiger partial charge in [0.05, 0.1) is 19.4 Å². The summed E-state index contributed by atoms with van der Waals surface area (Å²) in [5.74, 6) is 1.67. The fourth-order valence-electron chi connectivity index (χ4n) is 2.63. The van der Waals surface area contributed by atoms with Crippen LogP contribution in [0.4, 0.5) is 0 Å². The molecule has 1 unspecified atom stereocenters. The van der Waals surface area contributed by atoms with Crippen molar-refractivity contribution in [2.24, 2.45) is 5.92 Å². The number of carbonyl (C=O) groups is 1. The van der Waals surface area contributed by atoms with E-state index >= 15 is 0 Å². The lowest BCUT2D eigenvalue weighted by Crippen LogP contribution is -2.41. The van der Waals surface area contributed by atoms with Crippen LogP contribution >= 0.6 is 11.3 Å². The number of hydrogen-bond acceptors (Lipinski definition) is 4. The highest BCUT2D eigenvalue weighted by Gasteiger charge is 2.29. The van der Waals surface area contributed by atoms with E-state index in [0.717, 1.165) is 12.3 Å². The average Bonchev–Trinajstić information content (AvgIpc) is 2.97. The van der Waals surface area contributed by atoms with Gasteiger partial charge in [0, 0.05) is 17.5 Å². The number of thiophene rings is 1. The van der Waals surface area contributed by atoms with E-state index in [2.05, 4.69) is 28.6 Å².